The normalized spacial score (nSPS) is 17.4. The quantitative estimate of drug-likeness (QED) is 0.512. The monoisotopic (exact) mass is 514 g/mol. The zero-order valence-corrected chi connectivity index (χ0v) is 21.9. The number of carbonyl (C=O) groups is 1. The summed E-state index contributed by atoms with van der Waals surface area (Å²) in [6.45, 7) is 4.56. The number of methoxy groups -OCH3 is 1. The van der Waals surface area contributed by atoms with Crippen molar-refractivity contribution in [2.45, 2.75) is 25.0 Å². The number of nitrogens with one attached hydrogen (secondary N) is 1. The lowest BCUT2D eigenvalue weighted by Gasteiger charge is -2.36. The summed E-state index contributed by atoms with van der Waals surface area (Å²) >= 11 is 0. The number of rotatable bonds is 9. The van der Waals surface area contributed by atoms with Crippen molar-refractivity contribution in [1.29, 1.82) is 0 Å². The molecule has 2 fully saturated rings. The van der Waals surface area contributed by atoms with E-state index < -0.39 is 6.10 Å². The van der Waals surface area contributed by atoms with Crippen molar-refractivity contribution in [3.63, 3.8) is 0 Å². The van der Waals surface area contributed by atoms with Gasteiger partial charge in [0.25, 0.3) is 0 Å². The summed E-state index contributed by atoms with van der Waals surface area (Å²) < 4.78 is 16.3. The molecule has 2 N–H and O–H groups in total. The maximum Gasteiger partial charge on any atom is 0.409 e. The van der Waals surface area contributed by atoms with E-state index in [1.165, 1.54) is 7.11 Å². The standard InChI is InChI=1S/C26H38N6O5/c1-27-17-21(33)18-37-22-6-4-5-19(15-22)25-28-23(30(2)20-7-13-36-14-8-20)16-24(29-25)31-9-11-32(12-10-31)26(34)35-3/h4-6,15-16,20-21,27,33H,7-14,17-18H2,1-3H3. The van der Waals surface area contributed by atoms with Crippen molar-refractivity contribution in [2.75, 3.05) is 83.5 Å². The van der Waals surface area contributed by atoms with Crippen LogP contribution in [-0.4, -0.2) is 112 Å². The van der Waals surface area contributed by atoms with E-state index in [0.29, 0.717) is 50.3 Å². The summed E-state index contributed by atoms with van der Waals surface area (Å²) in [6, 6.07) is 10.00. The van der Waals surface area contributed by atoms with Gasteiger partial charge >= 0.3 is 6.09 Å². The Labute approximate surface area is 218 Å². The molecule has 202 valence electrons. The fourth-order valence-corrected chi connectivity index (χ4v) is 4.61. The Morgan fingerprint density at radius 2 is 1.97 bits per heavy atom. The van der Waals surface area contributed by atoms with Crippen molar-refractivity contribution in [3.05, 3.63) is 30.3 Å². The molecular weight excluding hydrogens is 476 g/mol. The highest BCUT2D eigenvalue weighted by atomic mass is 16.5. The minimum absolute atomic E-state index is 0.188. The van der Waals surface area contributed by atoms with Crippen LogP contribution in [0, 0.1) is 0 Å². The zero-order valence-electron chi connectivity index (χ0n) is 21.9. The summed E-state index contributed by atoms with van der Waals surface area (Å²) in [6.07, 6.45) is 0.985. The van der Waals surface area contributed by atoms with E-state index in [1.54, 1.807) is 11.9 Å². The first-order valence-electron chi connectivity index (χ1n) is 12.8. The number of nitrogens with zero attached hydrogens (tertiary/aromatic N) is 5. The number of benzene rings is 1. The SMILES string of the molecule is CNCC(O)COc1cccc(-c2nc(N3CCN(C(=O)OC)CC3)cc(N(C)C3CCOCC3)n2)c1. The van der Waals surface area contributed by atoms with Gasteiger partial charge in [0.1, 0.15) is 30.1 Å². The van der Waals surface area contributed by atoms with Crippen molar-refractivity contribution >= 4 is 17.7 Å². The molecule has 1 unspecified atom stereocenters. The third kappa shape index (κ3) is 7.00. The van der Waals surface area contributed by atoms with Crippen LogP contribution in [0.5, 0.6) is 5.75 Å². The van der Waals surface area contributed by atoms with Gasteiger partial charge in [-0.25, -0.2) is 14.8 Å². The van der Waals surface area contributed by atoms with Gasteiger partial charge in [-0.1, -0.05) is 12.1 Å². The third-order valence-electron chi connectivity index (χ3n) is 6.81. The lowest BCUT2D eigenvalue weighted by atomic mass is 10.1. The molecule has 1 aromatic carbocycles. The Bertz CT molecular complexity index is 1030. The van der Waals surface area contributed by atoms with E-state index in [4.69, 9.17) is 24.2 Å². The maximum absolute atomic E-state index is 11.9. The van der Waals surface area contributed by atoms with Gasteiger partial charge in [-0.15, -0.1) is 0 Å². The van der Waals surface area contributed by atoms with Crippen LogP contribution in [0.1, 0.15) is 12.8 Å². The van der Waals surface area contributed by atoms with Gasteiger partial charge in [0, 0.05) is 70.7 Å². The number of ether oxygens (including phenoxy) is 3. The second-order valence-corrected chi connectivity index (χ2v) is 9.36. The van der Waals surface area contributed by atoms with Crippen LogP contribution in [0.3, 0.4) is 0 Å². The molecule has 0 bridgehead atoms. The number of carbonyl (C=O) groups excluding carboxylic acids is 1. The van der Waals surface area contributed by atoms with Gasteiger partial charge in [-0.05, 0) is 32.0 Å². The molecule has 37 heavy (non-hydrogen) atoms. The number of aromatic nitrogens is 2. The first-order valence-corrected chi connectivity index (χ1v) is 12.8. The Morgan fingerprint density at radius 3 is 2.68 bits per heavy atom. The van der Waals surface area contributed by atoms with Crippen LogP contribution in [0.2, 0.25) is 0 Å². The van der Waals surface area contributed by atoms with Crippen LogP contribution in [0.25, 0.3) is 11.4 Å². The molecule has 3 heterocycles. The van der Waals surface area contributed by atoms with Crippen LogP contribution >= 0.6 is 0 Å². The van der Waals surface area contributed by atoms with Crippen LogP contribution in [0.4, 0.5) is 16.4 Å². The molecule has 11 nitrogen and oxygen atoms in total. The predicted octanol–water partition coefficient (Wildman–Crippen LogP) is 1.61. The van der Waals surface area contributed by atoms with E-state index in [2.05, 4.69) is 22.2 Å². The largest absolute Gasteiger partial charge is 0.491 e. The molecule has 1 atom stereocenters. The predicted molar refractivity (Wildman–Crippen MR) is 141 cm³/mol. The van der Waals surface area contributed by atoms with Gasteiger partial charge < -0.3 is 39.3 Å². The summed E-state index contributed by atoms with van der Waals surface area (Å²) in [4.78, 5) is 27.9. The minimum Gasteiger partial charge on any atom is -0.491 e. The highest BCUT2D eigenvalue weighted by Gasteiger charge is 2.25. The molecule has 1 aromatic heterocycles. The van der Waals surface area contributed by atoms with Crippen LogP contribution < -0.4 is 19.9 Å². The van der Waals surface area contributed by atoms with Gasteiger partial charge in [0.15, 0.2) is 5.82 Å². The maximum atomic E-state index is 11.9. The highest BCUT2D eigenvalue weighted by molar-refractivity contribution is 5.68. The minimum atomic E-state index is -0.600. The molecule has 2 aliphatic rings. The molecule has 2 aromatic rings. The molecular formula is C26H38N6O5. The fourth-order valence-electron chi connectivity index (χ4n) is 4.61. The van der Waals surface area contributed by atoms with E-state index in [0.717, 1.165) is 43.3 Å². The van der Waals surface area contributed by atoms with Gasteiger partial charge in [0.2, 0.25) is 0 Å². The Morgan fingerprint density at radius 1 is 1.22 bits per heavy atom. The van der Waals surface area contributed by atoms with Gasteiger partial charge in [0.05, 0.1) is 7.11 Å². The van der Waals surface area contributed by atoms with Crippen LogP contribution in [0.15, 0.2) is 30.3 Å². The van der Waals surface area contributed by atoms with E-state index in [1.807, 2.05) is 30.3 Å². The number of likely N-dealkylation sites (N-methyl/N-ethyl adjacent to an activating group) is 1. The van der Waals surface area contributed by atoms with Crippen molar-refractivity contribution in [2.24, 2.45) is 0 Å². The summed E-state index contributed by atoms with van der Waals surface area (Å²) in [5, 5.41) is 12.9. The summed E-state index contributed by atoms with van der Waals surface area (Å²) in [5.41, 5.74) is 0.831. The van der Waals surface area contributed by atoms with Crippen LogP contribution in [-0.2, 0) is 9.47 Å². The first-order chi connectivity index (χ1) is 18.0. The number of aliphatic hydroxyl groups is 1. The smallest absolute Gasteiger partial charge is 0.409 e. The first kappa shape index (κ1) is 26.9. The number of piperazine rings is 1. The van der Waals surface area contributed by atoms with E-state index in [-0.39, 0.29) is 12.7 Å². The molecule has 0 radical (unpaired) electrons. The molecule has 11 heteroatoms. The fraction of sp³-hybridized carbons (Fsp3) is 0.577. The Hall–Kier alpha value is -3.15. The Kier molecular flexibility index (Phi) is 9.37. The van der Waals surface area contributed by atoms with Crippen molar-refractivity contribution in [1.82, 2.24) is 20.2 Å². The Balaban J connectivity index is 1.60. The second kappa shape index (κ2) is 12.9. The third-order valence-corrected chi connectivity index (χ3v) is 6.81. The van der Waals surface area contributed by atoms with Gasteiger partial charge in [-0.3, -0.25) is 0 Å². The molecule has 0 saturated carbocycles. The number of aliphatic hydroxyl groups excluding tert-OH is 1. The number of anilines is 2. The average Bonchev–Trinajstić information content (AvgIpc) is 2.96. The van der Waals surface area contributed by atoms with Gasteiger partial charge in [-0.2, -0.15) is 0 Å². The topological polar surface area (TPSA) is 113 Å². The molecule has 2 saturated heterocycles. The molecule has 0 aliphatic carbocycles. The number of hydrogen-bond acceptors (Lipinski definition) is 10. The second-order valence-electron chi connectivity index (χ2n) is 9.36. The number of hydrogen-bond donors (Lipinski definition) is 2. The lowest BCUT2D eigenvalue weighted by molar-refractivity contribution is 0.0853. The van der Waals surface area contributed by atoms with Crippen molar-refractivity contribution < 1.29 is 24.1 Å². The average molecular weight is 515 g/mol. The lowest BCUT2D eigenvalue weighted by Crippen LogP contribution is -2.49. The molecule has 2 aliphatic heterocycles. The summed E-state index contributed by atoms with van der Waals surface area (Å²) in [7, 11) is 5.27. The van der Waals surface area contributed by atoms with E-state index >= 15 is 0 Å². The molecule has 1 amide bonds. The highest BCUT2D eigenvalue weighted by Crippen LogP contribution is 2.29. The number of amides is 1. The molecule has 4 rings (SSSR count). The summed E-state index contributed by atoms with van der Waals surface area (Å²) in [5.74, 6) is 2.91. The van der Waals surface area contributed by atoms with Crippen molar-refractivity contribution in [3.8, 4) is 17.1 Å². The molecule has 0 spiro atoms. The zero-order chi connectivity index (χ0) is 26.2. The van der Waals surface area contributed by atoms with E-state index in [9.17, 15) is 9.90 Å².